The van der Waals surface area contributed by atoms with Crippen LogP contribution in [0.2, 0.25) is 0 Å². The zero-order valence-electron chi connectivity index (χ0n) is 10.8. The summed E-state index contributed by atoms with van der Waals surface area (Å²) in [5, 5.41) is 12.5. The zero-order chi connectivity index (χ0) is 14.5. The van der Waals surface area contributed by atoms with E-state index in [0.717, 1.165) is 0 Å². The lowest BCUT2D eigenvalue weighted by Gasteiger charge is -2.18. The maximum atomic E-state index is 12.4. The molecule has 0 fully saturated rings. The quantitative estimate of drug-likeness (QED) is 0.888. The first-order chi connectivity index (χ1) is 9.58. The summed E-state index contributed by atoms with van der Waals surface area (Å²) in [6.45, 7) is 1.70. The Hall–Kier alpha value is -2.70. The minimum Gasteiger partial charge on any atom is -0.481 e. The number of carboxylic acids is 1. The fraction of sp³-hybridized carbons (Fsp3) is 0.231. The Morgan fingerprint density at radius 3 is 2.80 bits per heavy atom. The van der Waals surface area contributed by atoms with E-state index in [2.05, 4.69) is 10.1 Å². The van der Waals surface area contributed by atoms with Crippen molar-refractivity contribution in [2.24, 2.45) is 0 Å². The van der Waals surface area contributed by atoms with Crippen LogP contribution in [-0.4, -0.2) is 33.7 Å². The van der Waals surface area contributed by atoms with Crippen LogP contribution in [0.4, 0.5) is 5.82 Å². The van der Waals surface area contributed by atoms with E-state index >= 15 is 0 Å². The molecule has 0 saturated carbocycles. The van der Waals surface area contributed by atoms with E-state index in [9.17, 15) is 9.59 Å². The summed E-state index contributed by atoms with van der Waals surface area (Å²) in [6.07, 6.45) is 2.79. The molecule has 2 aromatic heterocycles. The Balaban J connectivity index is 2.26. The number of carbonyl (C=O) groups is 2. The molecular formula is C13H13N3O4. The molecule has 0 aliphatic carbocycles. The van der Waals surface area contributed by atoms with Crippen LogP contribution in [0.5, 0.6) is 0 Å². The number of hydrogen-bond acceptors (Lipinski definition) is 5. The molecule has 0 aromatic carbocycles. The number of pyridine rings is 1. The number of carbonyl (C=O) groups excluding carboxylic acids is 1. The van der Waals surface area contributed by atoms with Gasteiger partial charge in [0.1, 0.15) is 5.76 Å². The number of nitrogens with zero attached hydrogens (tertiary/aromatic N) is 3. The number of carboxylic acid groups (broad SMARTS) is 1. The van der Waals surface area contributed by atoms with E-state index in [1.807, 2.05) is 0 Å². The summed E-state index contributed by atoms with van der Waals surface area (Å²) in [5.74, 6) is -0.529. The van der Waals surface area contributed by atoms with Crippen LogP contribution in [0.1, 0.15) is 22.5 Å². The first kappa shape index (κ1) is 13.7. The van der Waals surface area contributed by atoms with Gasteiger partial charge in [0.25, 0.3) is 5.91 Å². The number of aryl methyl sites for hydroxylation is 1. The fourth-order valence-electron chi connectivity index (χ4n) is 1.65. The standard InChI is InChI=1S/C13H13N3O4/c1-9-7-11(15-20-9)16(6-4-12(17)18)13(19)10-3-2-5-14-8-10/h2-3,5,7-8H,4,6H2,1H3,(H,17,18). The van der Waals surface area contributed by atoms with Gasteiger partial charge in [-0.2, -0.15) is 0 Å². The molecule has 0 aliphatic rings. The Kier molecular flexibility index (Phi) is 4.09. The van der Waals surface area contributed by atoms with Crippen molar-refractivity contribution in [2.75, 3.05) is 11.4 Å². The summed E-state index contributed by atoms with van der Waals surface area (Å²) in [7, 11) is 0. The molecule has 20 heavy (non-hydrogen) atoms. The molecule has 0 unspecified atom stereocenters. The van der Waals surface area contributed by atoms with Crippen molar-refractivity contribution < 1.29 is 19.2 Å². The van der Waals surface area contributed by atoms with Crippen molar-refractivity contribution in [1.29, 1.82) is 0 Å². The van der Waals surface area contributed by atoms with Gasteiger partial charge in [-0.1, -0.05) is 5.16 Å². The monoisotopic (exact) mass is 275 g/mol. The fourth-order valence-corrected chi connectivity index (χ4v) is 1.65. The first-order valence-electron chi connectivity index (χ1n) is 5.95. The zero-order valence-corrected chi connectivity index (χ0v) is 10.8. The second kappa shape index (κ2) is 5.96. The van der Waals surface area contributed by atoms with Gasteiger partial charge in [0.2, 0.25) is 0 Å². The molecule has 0 bridgehead atoms. The third-order valence-corrected chi connectivity index (χ3v) is 2.59. The normalized spacial score (nSPS) is 10.2. The van der Waals surface area contributed by atoms with Gasteiger partial charge in [-0.3, -0.25) is 19.5 Å². The number of hydrogen-bond donors (Lipinski definition) is 1. The van der Waals surface area contributed by atoms with Gasteiger partial charge >= 0.3 is 5.97 Å². The predicted octanol–water partition coefficient (Wildman–Crippen LogP) is 1.50. The van der Waals surface area contributed by atoms with Crippen LogP contribution >= 0.6 is 0 Å². The van der Waals surface area contributed by atoms with Crippen LogP contribution < -0.4 is 4.90 Å². The molecule has 7 heteroatoms. The minimum atomic E-state index is -0.991. The topological polar surface area (TPSA) is 96.5 Å². The highest BCUT2D eigenvalue weighted by molar-refractivity contribution is 6.05. The van der Waals surface area contributed by atoms with Crippen LogP contribution in [0.25, 0.3) is 0 Å². The predicted molar refractivity (Wildman–Crippen MR) is 69.4 cm³/mol. The van der Waals surface area contributed by atoms with E-state index in [0.29, 0.717) is 11.3 Å². The van der Waals surface area contributed by atoms with E-state index in [4.69, 9.17) is 9.63 Å². The van der Waals surface area contributed by atoms with Crippen LogP contribution in [0.3, 0.4) is 0 Å². The van der Waals surface area contributed by atoms with Crippen molar-refractivity contribution in [3.8, 4) is 0 Å². The SMILES string of the molecule is Cc1cc(N(CCC(=O)O)C(=O)c2cccnc2)no1. The first-order valence-corrected chi connectivity index (χ1v) is 5.95. The molecule has 0 aliphatic heterocycles. The van der Waals surface area contributed by atoms with Gasteiger partial charge in [0, 0.05) is 25.0 Å². The van der Waals surface area contributed by atoms with Crippen LogP contribution in [-0.2, 0) is 4.79 Å². The lowest BCUT2D eigenvalue weighted by atomic mass is 10.2. The van der Waals surface area contributed by atoms with Crippen molar-refractivity contribution in [3.63, 3.8) is 0 Å². The molecule has 0 saturated heterocycles. The average molecular weight is 275 g/mol. The minimum absolute atomic E-state index is 0.00896. The third kappa shape index (κ3) is 3.19. The van der Waals surface area contributed by atoms with E-state index in [1.165, 1.54) is 11.1 Å². The Morgan fingerprint density at radius 2 is 2.25 bits per heavy atom. The van der Waals surface area contributed by atoms with Gasteiger partial charge in [-0.05, 0) is 19.1 Å². The Bertz CT molecular complexity index is 609. The Labute approximate surface area is 114 Å². The molecule has 0 radical (unpaired) electrons. The van der Waals surface area contributed by atoms with Crippen molar-refractivity contribution in [1.82, 2.24) is 10.1 Å². The van der Waals surface area contributed by atoms with Crippen molar-refractivity contribution in [2.45, 2.75) is 13.3 Å². The third-order valence-electron chi connectivity index (χ3n) is 2.59. The second-order valence-electron chi connectivity index (χ2n) is 4.14. The number of anilines is 1. The lowest BCUT2D eigenvalue weighted by Crippen LogP contribution is -2.33. The summed E-state index contributed by atoms with van der Waals surface area (Å²) in [5.41, 5.74) is 0.360. The molecule has 2 aromatic rings. The largest absolute Gasteiger partial charge is 0.481 e. The summed E-state index contributed by atoms with van der Waals surface area (Å²) in [6, 6.07) is 4.82. The number of aromatic nitrogens is 2. The van der Waals surface area contributed by atoms with Crippen LogP contribution in [0.15, 0.2) is 35.1 Å². The maximum absolute atomic E-state index is 12.4. The van der Waals surface area contributed by atoms with E-state index in [1.54, 1.807) is 31.3 Å². The highest BCUT2D eigenvalue weighted by Crippen LogP contribution is 2.17. The summed E-state index contributed by atoms with van der Waals surface area (Å²) in [4.78, 5) is 28.2. The molecule has 2 rings (SSSR count). The van der Waals surface area contributed by atoms with E-state index in [-0.39, 0.29) is 24.7 Å². The average Bonchev–Trinajstić information content (AvgIpc) is 2.86. The highest BCUT2D eigenvalue weighted by Gasteiger charge is 2.21. The molecule has 0 atom stereocenters. The summed E-state index contributed by atoms with van der Waals surface area (Å²) >= 11 is 0. The van der Waals surface area contributed by atoms with Crippen molar-refractivity contribution in [3.05, 3.63) is 41.9 Å². The van der Waals surface area contributed by atoms with Gasteiger partial charge in [0.15, 0.2) is 5.82 Å². The maximum Gasteiger partial charge on any atom is 0.305 e. The molecule has 2 heterocycles. The second-order valence-corrected chi connectivity index (χ2v) is 4.14. The van der Waals surface area contributed by atoms with Crippen LogP contribution in [0, 0.1) is 6.92 Å². The lowest BCUT2D eigenvalue weighted by molar-refractivity contribution is -0.136. The molecular weight excluding hydrogens is 262 g/mol. The molecule has 7 nitrogen and oxygen atoms in total. The molecule has 104 valence electrons. The number of rotatable bonds is 5. The number of aliphatic carboxylic acids is 1. The van der Waals surface area contributed by atoms with Gasteiger partial charge in [-0.25, -0.2) is 0 Å². The Morgan fingerprint density at radius 1 is 1.45 bits per heavy atom. The molecule has 0 spiro atoms. The van der Waals surface area contributed by atoms with E-state index < -0.39 is 5.97 Å². The van der Waals surface area contributed by atoms with Gasteiger partial charge in [0.05, 0.1) is 12.0 Å². The summed E-state index contributed by atoms with van der Waals surface area (Å²) < 4.78 is 4.93. The van der Waals surface area contributed by atoms with Crippen molar-refractivity contribution >= 4 is 17.7 Å². The van der Waals surface area contributed by atoms with Gasteiger partial charge < -0.3 is 9.63 Å². The number of amides is 1. The van der Waals surface area contributed by atoms with Gasteiger partial charge in [-0.15, -0.1) is 0 Å². The highest BCUT2D eigenvalue weighted by atomic mass is 16.5. The molecule has 1 amide bonds. The molecule has 1 N–H and O–H groups in total. The smallest absolute Gasteiger partial charge is 0.305 e.